The first-order valence-electron chi connectivity index (χ1n) is 5.29. The maximum Gasteiger partial charge on any atom is 0.0514 e. The minimum absolute atomic E-state index is 0.629. The number of ether oxygens (including phenoxy) is 1. The molecule has 1 unspecified atom stereocenters. The third-order valence-electron chi connectivity index (χ3n) is 2.66. The number of para-hydroxylation sites is 1. The quantitative estimate of drug-likeness (QED) is 0.791. The van der Waals surface area contributed by atoms with E-state index in [0.29, 0.717) is 5.92 Å². The molecule has 0 saturated heterocycles. The molecule has 1 aromatic rings. The summed E-state index contributed by atoms with van der Waals surface area (Å²) in [7, 11) is 0. The summed E-state index contributed by atoms with van der Waals surface area (Å²) in [6.07, 6.45) is 1.14. The van der Waals surface area contributed by atoms with Crippen LogP contribution in [0.3, 0.4) is 0 Å². The molecule has 0 spiro atoms. The van der Waals surface area contributed by atoms with Crippen molar-refractivity contribution in [3.8, 4) is 0 Å². The van der Waals surface area contributed by atoms with Gasteiger partial charge in [0, 0.05) is 24.8 Å². The zero-order valence-corrected chi connectivity index (χ0v) is 8.62. The Kier molecular flexibility index (Phi) is 3.04. The fourth-order valence-corrected chi connectivity index (χ4v) is 1.91. The third kappa shape index (κ3) is 2.07. The van der Waals surface area contributed by atoms with E-state index in [0.717, 1.165) is 26.2 Å². The van der Waals surface area contributed by atoms with Crippen LogP contribution >= 0.6 is 0 Å². The number of benzene rings is 1. The van der Waals surface area contributed by atoms with Gasteiger partial charge in [-0.15, -0.1) is 0 Å². The molecule has 76 valence electrons. The fourth-order valence-electron chi connectivity index (χ4n) is 1.91. The van der Waals surface area contributed by atoms with Crippen molar-refractivity contribution in [3.63, 3.8) is 0 Å². The molecule has 0 aromatic heterocycles. The summed E-state index contributed by atoms with van der Waals surface area (Å²) in [6, 6.07) is 8.52. The molecule has 0 amide bonds. The summed E-state index contributed by atoms with van der Waals surface area (Å²) in [5.74, 6) is 0.629. The Hall–Kier alpha value is -1.02. The van der Waals surface area contributed by atoms with Crippen LogP contribution in [0.4, 0.5) is 5.69 Å². The predicted octanol–water partition coefficient (Wildman–Crippen LogP) is 2.31. The van der Waals surface area contributed by atoms with Crippen molar-refractivity contribution in [1.82, 2.24) is 0 Å². The SMILES string of the molecule is CCOCC1CNc2ccccc2C1. The first kappa shape index (κ1) is 9.53. The van der Waals surface area contributed by atoms with Crippen LogP contribution in [0.25, 0.3) is 0 Å². The molecule has 1 aromatic carbocycles. The highest BCUT2D eigenvalue weighted by atomic mass is 16.5. The monoisotopic (exact) mass is 191 g/mol. The average molecular weight is 191 g/mol. The molecule has 0 bridgehead atoms. The summed E-state index contributed by atoms with van der Waals surface area (Å²) in [4.78, 5) is 0. The molecule has 2 heteroatoms. The number of nitrogens with one attached hydrogen (secondary N) is 1. The van der Waals surface area contributed by atoms with E-state index in [1.807, 2.05) is 6.92 Å². The highest BCUT2D eigenvalue weighted by Gasteiger charge is 2.17. The summed E-state index contributed by atoms with van der Waals surface area (Å²) in [6.45, 7) is 4.77. The van der Waals surface area contributed by atoms with Crippen molar-refractivity contribution >= 4 is 5.69 Å². The van der Waals surface area contributed by atoms with Gasteiger partial charge in [-0.25, -0.2) is 0 Å². The van der Waals surface area contributed by atoms with Crippen molar-refractivity contribution < 1.29 is 4.74 Å². The Morgan fingerprint density at radius 3 is 3.14 bits per heavy atom. The van der Waals surface area contributed by atoms with Crippen LogP contribution < -0.4 is 5.32 Å². The molecule has 1 aliphatic heterocycles. The van der Waals surface area contributed by atoms with Crippen molar-refractivity contribution in [2.75, 3.05) is 25.1 Å². The lowest BCUT2D eigenvalue weighted by atomic mass is 9.95. The highest BCUT2D eigenvalue weighted by Crippen LogP contribution is 2.24. The smallest absolute Gasteiger partial charge is 0.0514 e. The van der Waals surface area contributed by atoms with E-state index >= 15 is 0 Å². The van der Waals surface area contributed by atoms with Gasteiger partial charge in [-0.05, 0) is 25.0 Å². The fraction of sp³-hybridized carbons (Fsp3) is 0.500. The van der Waals surface area contributed by atoms with Gasteiger partial charge in [0.25, 0.3) is 0 Å². The molecule has 0 aliphatic carbocycles. The topological polar surface area (TPSA) is 21.3 Å². The molecular formula is C12H17NO. The standard InChI is InChI=1S/C12H17NO/c1-2-14-9-10-7-11-5-3-4-6-12(11)13-8-10/h3-6,10,13H,2,7-9H2,1H3. The van der Waals surface area contributed by atoms with Gasteiger partial charge in [0.2, 0.25) is 0 Å². The second-order valence-electron chi connectivity index (χ2n) is 3.77. The largest absolute Gasteiger partial charge is 0.384 e. The molecule has 2 rings (SSSR count). The lowest BCUT2D eigenvalue weighted by molar-refractivity contribution is 0.113. The number of rotatable bonds is 3. The van der Waals surface area contributed by atoms with Crippen LogP contribution in [0.5, 0.6) is 0 Å². The maximum atomic E-state index is 5.45. The molecule has 0 radical (unpaired) electrons. The third-order valence-corrected chi connectivity index (χ3v) is 2.66. The normalized spacial score (nSPS) is 19.9. The van der Waals surface area contributed by atoms with Crippen molar-refractivity contribution in [2.24, 2.45) is 5.92 Å². The van der Waals surface area contributed by atoms with Gasteiger partial charge >= 0.3 is 0 Å². The van der Waals surface area contributed by atoms with Crippen molar-refractivity contribution in [2.45, 2.75) is 13.3 Å². The predicted molar refractivity (Wildman–Crippen MR) is 58.6 cm³/mol. The van der Waals surface area contributed by atoms with Crippen LogP contribution in [-0.4, -0.2) is 19.8 Å². The van der Waals surface area contributed by atoms with Crippen molar-refractivity contribution in [1.29, 1.82) is 0 Å². The molecule has 1 heterocycles. The number of fused-ring (bicyclic) bond motifs is 1. The van der Waals surface area contributed by atoms with E-state index in [1.165, 1.54) is 11.3 Å². The zero-order chi connectivity index (χ0) is 9.80. The Balaban J connectivity index is 1.99. The Morgan fingerprint density at radius 2 is 2.29 bits per heavy atom. The van der Waals surface area contributed by atoms with Crippen molar-refractivity contribution in [3.05, 3.63) is 29.8 Å². The minimum atomic E-state index is 0.629. The second-order valence-corrected chi connectivity index (χ2v) is 3.77. The van der Waals surface area contributed by atoms with Gasteiger partial charge in [-0.3, -0.25) is 0 Å². The van der Waals surface area contributed by atoms with Crippen LogP contribution in [-0.2, 0) is 11.2 Å². The second kappa shape index (κ2) is 4.47. The molecule has 1 N–H and O–H groups in total. The molecule has 14 heavy (non-hydrogen) atoms. The molecule has 2 nitrogen and oxygen atoms in total. The maximum absolute atomic E-state index is 5.45. The van der Waals surface area contributed by atoms with E-state index in [4.69, 9.17) is 4.74 Å². The van der Waals surface area contributed by atoms with E-state index in [-0.39, 0.29) is 0 Å². The number of hydrogen-bond acceptors (Lipinski definition) is 2. The minimum Gasteiger partial charge on any atom is -0.384 e. The van der Waals surface area contributed by atoms with Gasteiger partial charge in [0.05, 0.1) is 6.61 Å². The van der Waals surface area contributed by atoms with Gasteiger partial charge < -0.3 is 10.1 Å². The Morgan fingerprint density at radius 1 is 1.43 bits per heavy atom. The first-order valence-corrected chi connectivity index (χ1v) is 5.29. The summed E-state index contributed by atoms with van der Waals surface area (Å²) < 4.78 is 5.45. The summed E-state index contributed by atoms with van der Waals surface area (Å²) in [5.41, 5.74) is 2.71. The zero-order valence-electron chi connectivity index (χ0n) is 8.62. The first-order chi connectivity index (χ1) is 6.90. The molecule has 1 aliphatic rings. The van der Waals surface area contributed by atoms with Gasteiger partial charge in [0.1, 0.15) is 0 Å². The van der Waals surface area contributed by atoms with Gasteiger partial charge in [-0.1, -0.05) is 18.2 Å². The molecule has 0 fully saturated rings. The van der Waals surface area contributed by atoms with Crippen LogP contribution in [0.15, 0.2) is 24.3 Å². The Labute approximate surface area is 85.3 Å². The number of anilines is 1. The van der Waals surface area contributed by atoms with E-state index in [1.54, 1.807) is 0 Å². The number of hydrogen-bond donors (Lipinski definition) is 1. The average Bonchev–Trinajstić information content (AvgIpc) is 2.26. The highest BCUT2D eigenvalue weighted by molar-refractivity contribution is 5.53. The van der Waals surface area contributed by atoms with Crippen LogP contribution in [0.2, 0.25) is 0 Å². The van der Waals surface area contributed by atoms with E-state index < -0.39 is 0 Å². The lowest BCUT2D eigenvalue weighted by Crippen LogP contribution is -2.26. The van der Waals surface area contributed by atoms with Gasteiger partial charge in [0.15, 0.2) is 0 Å². The van der Waals surface area contributed by atoms with E-state index in [9.17, 15) is 0 Å². The molecular weight excluding hydrogens is 174 g/mol. The summed E-state index contributed by atoms with van der Waals surface area (Å²) in [5, 5.41) is 3.44. The van der Waals surface area contributed by atoms with Gasteiger partial charge in [-0.2, -0.15) is 0 Å². The molecule has 0 saturated carbocycles. The van der Waals surface area contributed by atoms with E-state index in [2.05, 4.69) is 29.6 Å². The van der Waals surface area contributed by atoms with Crippen LogP contribution in [0.1, 0.15) is 12.5 Å². The lowest BCUT2D eigenvalue weighted by Gasteiger charge is -2.25. The summed E-state index contributed by atoms with van der Waals surface area (Å²) >= 11 is 0. The van der Waals surface area contributed by atoms with Crippen LogP contribution in [0, 0.1) is 5.92 Å². The molecule has 1 atom stereocenters. The Bertz CT molecular complexity index is 298.